The van der Waals surface area contributed by atoms with Crippen LogP contribution in [0.2, 0.25) is 0 Å². The van der Waals surface area contributed by atoms with Gasteiger partial charge in [0.15, 0.2) is 0 Å². The number of amides is 1. The zero-order valence-corrected chi connectivity index (χ0v) is 13.9. The van der Waals surface area contributed by atoms with Gasteiger partial charge in [-0.1, -0.05) is 12.1 Å². The lowest BCUT2D eigenvalue weighted by atomic mass is 9.73. The number of pyridine rings is 1. The van der Waals surface area contributed by atoms with Gasteiger partial charge in [0.25, 0.3) is 0 Å². The minimum absolute atomic E-state index is 0.0915. The molecule has 1 fully saturated rings. The Hall–Kier alpha value is -2.27. The number of nitrogens with zero attached hydrogens (tertiary/aromatic N) is 1. The molecule has 0 atom stereocenters. The van der Waals surface area contributed by atoms with Crippen LogP contribution in [0.15, 0.2) is 36.4 Å². The minimum Gasteiger partial charge on any atom is -0.381 e. The zero-order chi connectivity index (χ0) is 17.2. The fourth-order valence-corrected chi connectivity index (χ4v) is 3.20. The van der Waals surface area contributed by atoms with Gasteiger partial charge in [-0.15, -0.1) is 0 Å². The first-order valence-electron chi connectivity index (χ1n) is 8.11. The van der Waals surface area contributed by atoms with E-state index in [9.17, 15) is 9.18 Å². The number of aryl methyl sites for hydroxylation is 2. The Labute approximate surface area is 141 Å². The molecule has 1 aliphatic rings. The van der Waals surface area contributed by atoms with Gasteiger partial charge in [-0.25, -0.2) is 4.39 Å². The van der Waals surface area contributed by atoms with Crippen LogP contribution in [0, 0.1) is 19.7 Å². The summed E-state index contributed by atoms with van der Waals surface area (Å²) in [7, 11) is 0. The third-order valence-corrected chi connectivity index (χ3v) is 4.65. The van der Waals surface area contributed by atoms with Crippen molar-refractivity contribution in [2.75, 3.05) is 18.5 Å². The highest BCUT2D eigenvalue weighted by atomic mass is 19.1. The zero-order valence-electron chi connectivity index (χ0n) is 13.9. The van der Waals surface area contributed by atoms with Crippen LogP contribution in [0.4, 0.5) is 10.1 Å². The maximum absolute atomic E-state index is 13.3. The Morgan fingerprint density at radius 2 is 1.79 bits per heavy atom. The third-order valence-electron chi connectivity index (χ3n) is 4.65. The van der Waals surface area contributed by atoms with E-state index >= 15 is 0 Å². The molecule has 1 amide bonds. The molecule has 1 N–H and O–H groups in total. The third kappa shape index (κ3) is 3.17. The predicted octanol–water partition coefficient (Wildman–Crippen LogP) is 3.52. The molecule has 1 saturated heterocycles. The summed E-state index contributed by atoms with van der Waals surface area (Å²) in [4.78, 5) is 17.5. The Balaban J connectivity index is 1.93. The maximum Gasteiger partial charge on any atom is 0.235 e. The molecule has 0 unspecified atom stereocenters. The van der Waals surface area contributed by atoms with E-state index in [0.717, 1.165) is 17.0 Å². The Kier molecular flexibility index (Phi) is 4.62. The second kappa shape index (κ2) is 6.69. The van der Waals surface area contributed by atoms with Crippen molar-refractivity contribution in [1.29, 1.82) is 0 Å². The van der Waals surface area contributed by atoms with Crippen LogP contribution in [0.25, 0.3) is 0 Å². The van der Waals surface area contributed by atoms with E-state index in [1.54, 1.807) is 12.1 Å². The number of ether oxygens (including phenoxy) is 1. The maximum atomic E-state index is 13.3. The second-order valence-corrected chi connectivity index (χ2v) is 6.24. The Bertz CT molecular complexity index is 738. The molecule has 0 aliphatic carbocycles. The molecule has 0 spiro atoms. The lowest BCUT2D eigenvalue weighted by molar-refractivity contribution is -0.125. The van der Waals surface area contributed by atoms with Crippen molar-refractivity contribution in [3.05, 3.63) is 59.2 Å². The molecule has 0 bridgehead atoms. The van der Waals surface area contributed by atoms with Crippen molar-refractivity contribution < 1.29 is 13.9 Å². The highest BCUT2D eigenvalue weighted by Gasteiger charge is 2.41. The molecule has 2 heterocycles. The lowest BCUT2D eigenvalue weighted by Crippen LogP contribution is -2.45. The van der Waals surface area contributed by atoms with Gasteiger partial charge in [0.1, 0.15) is 5.82 Å². The molecule has 3 rings (SSSR count). The van der Waals surface area contributed by atoms with Crippen LogP contribution in [-0.4, -0.2) is 24.1 Å². The Morgan fingerprint density at radius 1 is 1.12 bits per heavy atom. The number of benzene rings is 1. The molecule has 126 valence electrons. The number of halogens is 1. The lowest BCUT2D eigenvalue weighted by Gasteiger charge is -2.36. The highest BCUT2D eigenvalue weighted by Crippen LogP contribution is 2.36. The van der Waals surface area contributed by atoms with Gasteiger partial charge in [0, 0.05) is 18.9 Å². The standard InChI is InChI=1S/C19H21FN2O2/c1-13-3-8-17(14(2)21-13)22-18(23)19(9-11-24-12-10-19)15-4-6-16(20)7-5-15/h3-8H,9-12H2,1-2H3,(H,22,23). The van der Waals surface area contributed by atoms with E-state index in [4.69, 9.17) is 4.74 Å². The number of aromatic nitrogens is 1. The van der Waals surface area contributed by atoms with E-state index in [-0.39, 0.29) is 11.7 Å². The van der Waals surface area contributed by atoms with Crippen molar-refractivity contribution in [3.8, 4) is 0 Å². The Morgan fingerprint density at radius 3 is 2.42 bits per heavy atom. The molecule has 1 aliphatic heterocycles. The number of nitrogens with one attached hydrogen (secondary N) is 1. The fraction of sp³-hybridized carbons (Fsp3) is 0.368. The highest BCUT2D eigenvalue weighted by molar-refractivity contribution is 5.99. The van der Waals surface area contributed by atoms with Crippen LogP contribution in [0.3, 0.4) is 0 Å². The van der Waals surface area contributed by atoms with E-state index in [1.165, 1.54) is 12.1 Å². The van der Waals surface area contributed by atoms with E-state index in [2.05, 4.69) is 10.3 Å². The minimum atomic E-state index is -0.705. The quantitative estimate of drug-likeness (QED) is 0.938. The number of carbonyl (C=O) groups excluding carboxylic acids is 1. The van der Waals surface area contributed by atoms with Gasteiger partial charge in [0.05, 0.1) is 16.8 Å². The van der Waals surface area contributed by atoms with Crippen LogP contribution in [0.5, 0.6) is 0 Å². The smallest absolute Gasteiger partial charge is 0.235 e. The van der Waals surface area contributed by atoms with Gasteiger partial charge >= 0.3 is 0 Å². The second-order valence-electron chi connectivity index (χ2n) is 6.24. The monoisotopic (exact) mass is 328 g/mol. The number of hydrogen-bond acceptors (Lipinski definition) is 3. The van der Waals surface area contributed by atoms with Crippen LogP contribution in [-0.2, 0) is 14.9 Å². The van der Waals surface area contributed by atoms with E-state index < -0.39 is 5.41 Å². The largest absolute Gasteiger partial charge is 0.381 e. The van der Waals surface area contributed by atoms with Crippen molar-refractivity contribution >= 4 is 11.6 Å². The summed E-state index contributed by atoms with van der Waals surface area (Å²) in [5, 5.41) is 3.01. The molecule has 0 radical (unpaired) electrons. The first-order valence-corrected chi connectivity index (χ1v) is 8.11. The first kappa shape index (κ1) is 16.6. The summed E-state index contributed by atoms with van der Waals surface area (Å²) in [6.45, 7) is 4.81. The van der Waals surface area contributed by atoms with Gasteiger partial charge in [0.2, 0.25) is 5.91 Å². The van der Waals surface area contributed by atoms with Gasteiger partial charge in [-0.05, 0) is 56.5 Å². The molecule has 5 heteroatoms. The fourth-order valence-electron chi connectivity index (χ4n) is 3.20. The molecular formula is C19H21FN2O2. The molecular weight excluding hydrogens is 307 g/mol. The summed E-state index contributed by atoms with van der Waals surface area (Å²) in [5.74, 6) is -0.397. The average molecular weight is 328 g/mol. The van der Waals surface area contributed by atoms with Crippen LogP contribution >= 0.6 is 0 Å². The van der Waals surface area contributed by atoms with Crippen molar-refractivity contribution in [3.63, 3.8) is 0 Å². The molecule has 0 saturated carbocycles. The van der Waals surface area contributed by atoms with E-state index in [1.807, 2.05) is 26.0 Å². The van der Waals surface area contributed by atoms with E-state index in [0.29, 0.717) is 31.7 Å². The normalized spacial score (nSPS) is 16.6. The van der Waals surface area contributed by atoms with Crippen molar-refractivity contribution in [2.45, 2.75) is 32.1 Å². The van der Waals surface area contributed by atoms with Gasteiger partial charge in [-0.3, -0.25) is 9.78 Å². The summed E-state index contributed by atoms with van der Waals surface area (Å²) in [5.41, 5.74) is 2.51. The first-order chi connectivity index (χ1) is 11.5. The average Bonchev–Trinajstić information content (AvgIpc) is 2.58. The number of rotatable bonds is 3. The molecule has 1 aromatic carbocycles. The molecule has 24 heavy (non-hydrogen) atoms. The molecule has 2 aromatic rings. The molecule has 4 nitrogen and oxygen atoms in total. The van der Waals surface area contributed by atoms with Gasteiger partial charge < -0.3 is 10.1 Å². The summed E-state index contributed by atoms with van der Waals surface area (Å²) in [6, 6.07) is 9.93. The number of anilines is 1. The predicted molar refractivity (Wildman–Crippen MR) is 90.5 cm³/mol. The van der Waals surface area contributed by atoms with Crippen molar-refractivity contribution in [1.82, 2.24) is 4.98 Å². The SMILES string of the molecule is Cc1ccc(NC(=O)C2(c3ccc(F)cc3)CCOCC2)c(C)n1. The van der Waals surface area contributed by atoms with Crippen LogP contribution < -0.4 is 5.32 Å². The summed E-state index contributed by atoms with van der Waals surface area (Å²) in [6.07, 6.45) is 1.14. The molecule has 1 aromatic heterocycles. The van der Waals surface area contributed by atoms with Crippen molar-refractivity contribution in [2.24, 2.45) is 0 Å². The number of carbonyl (C=O) groups is 1. The topological polar surface area (TPSA) is 51.2 Å². The number of hydrogen-bond donors (Lipinski definition) is 1. The van der Waals surface area contributed by atoms with Crippen LogP contribution in [0.1, 0.15) is 29.8 Å². The summed E-state index contributed by atoms with van der Waals surface area (Å²) >= 11 is 0. The van der Waals surface area contributed by atoms with Gasteiger partial charge in [-0.2, -0.15) is 0 Å². The summed E-state index contributed by atoms with van der Waals surface area (Å²) < 4.78 is 18.7.